The quantitative estimate of drug-likeness (QED) is 0.772. The summed E-state index contributed by atoms with van der Waals surface area (Å²) in [5.41, 5.74) is 2.82. The molecule has 0 spiro atoms. The highest BCUT2D eigenvalue weighted by Gasteiger charge is 2.19. The van der Waals surface area contributed by atoms with Crippen molar-refractivity contribution in [3.63, 3.8) is 0 Å². The van der Waals surface area contributed by atoms with Crippen molar-refractivity contribution < 1.29 is 0 Å². The van der Waals surface area contributed by atoms with Crippen molar-refractivity contribution >= 4 is 0 Å². The highest BCUT2D eigenvalue weighted by atomic mass is 15.1. The summed E-state index contributed by atoms with van der Waals surface area (Å²) in [6, 6.07) is 3.90. The minimum atomic E-state index is -0.167. The van der Waals surface area contributed by atoms with Crippen LogP contribution in [0.15, 0.2) is 6.07 Å². The summed E-state index contributed by atoms with van der Waals surface area (Å²) in [6.07, 6.45) is 0.876. The molecule has 0 radical (unpaired) electrons. The molecule has 0 fully saturated rings. The van der Waals surface area contributed by atoms with Crippen LogP contribution in [0.4, 0.5) is 0 Å². The fourth-order valence-corrected chi connectivity index (χ4v) is 2.06. The zero-order valence-corrected chi connectivity index (χ0v) is 10.7. The van der Waals surface area contributed by atoms with E-state index < -0.39 is 0 Å². The highest BCUT2D eigenvalue weighted by Crippen LogP contribution is 2.18. The Bertz CT molecular complexity index is 496. The molecule has 1 aromatic rings. The van der Waals surface area contributed by atoms with E-state index >= 15 is 0 Å². The Morgan fingerprint density at radius 1 is 1.44 bits per heavy atom. The second kappa shape index (κ2) is 4.13. The van der Waals surface area contributed by atoms with E-state index in [1.165, 1.54) is 0 Å². The summed E-state index contributed by atoms with van der Waals surface area (Å²) in [5.74, 6) is 0. The third-order valence-corrected chi connectivity index (χ3v) is 2.69. The standard InChI is InChI=1S/C13H19N3/c1-6-11-9(2)7-10(8-14)12(15)16(11)13(3,4)5/h7,15H,6H2,1-5H3. The van der Waals surface area contributed by atoms with Gasteiger partial charge in [-0.3, -0.25) is 5.41 Å². The molecule has 3 nitrogen and oxygen atoms in total. The fourth-order valence-electron chi connectivity index (χ4n) is 2.06. The van der Waals surface area contributed by atoms with Gasteiger partial charge in [0.1, 0.15) is 11.6 Å². The lowest BCUT2D eigenvalue weighted by Crippen LogP contribution is -2.38. The minimum absolute atomic E-state index is 0.167. The van der Waals surface area contributed by atoms with Crippen LogP contribution in [0.25, 0.3) is 0 Å². The van der Waals surface area contributed by atoms with Gasteiger partial charge in [0, 0.05) is 11.2 Å². The van der Waals surface area contributed by atoms with E-state index in [2.05, 4.69) is 33.8 Å². The summed E-state index contributed by atoms with van der Waals surface area (Å²) in [4.78, 5) is 0. The van der Waals surface area contributed by atoms with E-state index in [0.29, 0.717) is 11.1 Å². The lowest BCUT2D eigenvalue weighted by atomic mass is 10.0. The first-order valence-corrected chi connectivity index (χ1v) is 5.53. The second-order valence-corrected chi connectivity index (χ2v) is 5.01. The van der Waals surface area contributed by atoms with Crippen molar-refractivity contribution in [3.8, 4) is 6.07 Å². The van der Waals surface area contributed by atoms with Gasteiger partial charge in [0.25, 0.3) is 0 Å². The maximum absolute atomic E-state index is 9.01. The molecule has 0 unspecified atom stereocenters. The molecule has 0 bridgehead atoms. The number of nitrogens with zero attached hydrogens (tertiary/aromatic N) is 2. The summed E-state index contributed by atoms with van der Waals surface area (Å²) in [7, 11) is 0. The van der Waals surface area contributed by atoms with Gasteiger partial charge in [-0.1, -0.05) is 6.92 Å². The van der Waals surface area contributed by atoms with Crippen LogP contribution in [0.1, 0.15) is 44.5 Å². The van der Waals surface area contributed by atoms with Crippen molar-refractivity contribution in [2.45, 2.75) is 46.6 Å². The van der Waals surface area contributed by atoms with Crippen molar-refractivity contribution in [2.24, 2.45) is 0 Å². The largest absolute Gasteiger partial charge is 0.324 e. The SMILES string of the molecule is CCc1c(C)cc(C#N)c(=N)n1C(C)(C)C. The smallest absolute Gasteiger partial charge is 0.143 e. The third kappa shape index (κ3) is 2.01. The summed E-state index contributed by atoms with van der Waals surface area (Å²) >= 11 is 0. The molecule has 16 heavy (non-hydrogen) atoms. The molecule has 1 N–H and O–H groups in total. The fraction of sp³-hybridized carbons (Fsp3) is 0.538. The van der Waals surface area contributed by atoms with Crippen LogP contribution in [0.2, 0.25) is 0 Å². The lowest BCUT2D eigenvalue weighted by molar-refractivity contribution is 0.364. The number of rotatable bonds is 1. The normalized spacial score (nSPS) is 11.2. The number of hydrogen-bond donors (Lipinski definition) is 1. The minimum Gasteiger partial charge on any atom is -0.324 e. The maximum Gasteiger partial charge on any atom is 0.143 e. The van der Waals surface area contributed by atoms with Gasteiger partial charge < -0.3 is 4.57 Å². The summed E-state index contributed by atoms with van der Waals surface area (Å²) < 4.78 is 1.96. The summed E-state index contributed by atoms with van der Waals surface area (Å²) in [6.45, 7) is 10.3. The molecule has 0 aliphatic carbocycles. The number of nitrogens with one attached hydrogen (secondary N) is 1. The first-order valence-electron chi connectivity index (χ1n) is 5.53. The first kappa shape index (κ1) is 12.5. The molecule has 1 rings (SSSR count). The molecule has 0 aliphatic heterocycles. The molecule has 86 valence electrons. The molecule has 1 aromatic heterocycles. The van der Waals surface area contributed by atoms with Crippen LogP contribution in [0.5, 0.6) is 0 Å². The first-order chi connectivity index (χ1) is 7.32. The van der Waals surface area contributed by atoms with Crippen LogP contribution >= 0.6 is 0 Å². The maximum atomic E-state index is 9.01. The zero-order valence-electron chi connectivity index (χ0n) is 10.7. The monoisotopic (exact) mass is 217 g/mol. The zero-order chi connectivity index (χ0) is 12.5. The third-order valence-electron chi connectivity index (χ3n) is 2.69. The molecule has 0 amide bonds. The van der Waals surface area contributed by atoms with Crippen molar-refractivity contribution in [1.82, 2.24) is 4.57 Å². The van der Waals surface area contributed by atoms with Crippen molar-refractivity contribution in [1.29, 1.82) is 10.7 Å². The van der Waals surface area contributed by atoms with Crippen LogP contribution in [-0.2, 0) is 12.0 Å². The number of nitriles is 1. The van der Waals surface area contributed by atoms with Gasteiger partial charge in [-0.05, 0) is 45.7 Å². The average molecular weight is 217 g/mol. The Hall–Kier alpha value is -1.56. The predicted octanol–water partition coefficient (Wildman–Crippen LogP) is 2.47. The molecule has 3 heteroatoms. The summed E-state index contributed by atoms with van der Waals surface area (Å²) in [5, 5.41) is 17.1. The van der Waals surface area contributed by atoms with Gasteiger partial charge in [0.05, 0.1) is 5.56 Å². The molecular weight excluding hydrogens is 198 g/mol. The molecular formula is C13H19N3. The number of pyridine rings is 1. The number of aromatic nitrogens is 1. The Morgan fingerprint density at radius 2 is 2.00 bits per heavy atom. The number of aryl methyl sites for hydroxylation is 1. The molecule has 0 saturated carbocycles. The Balaban J connectivity index is 3.75. The van der Waals surface area contributed by atoms with Gasteiger partial charge >= 0.3 is 0 Å². The van der Waals surface area contributed by atoms with E-state index in [4.69, 9.17) is 10.7 Å². The molecule has 1 heterocycles. The molecule has 0 atom stereocenters. The van der Waals surface area contributed by atoms with Gasteiger partial charge in [-0.2, -0.15) is 5.26 Å². The van der Waals surface area contributed by atoms with Crippen LogP contribution in [0.3, 0.4) is 0 Å². The predicted molar refractivity (Wildman–Crippen MR) is 64.1 cm³/mol. The van der Waals surface area contributed by atoms with E-state index in [1.54, 1.807) is 0 Å². The van der Waals surface area contributed by atoms with Crippen molar-refractivity contribution in [3.05, 3.63) is 28.4 Å². The van der Waals surface area contributed by atoms with Gasteiger partial charge in [-0.25, -0.2) is 0 Å². The topological polar surface area (TPSA) is 52.6 Å². The Labute approximate surface area is 96.9 Å². The Kier molecular flexibility index (Phi) is 3.23. The van der Waals surface area contributed by atoms with Crippen molar-refractivity contribution in [2.75, 3.05) is 0 Å². The van der Waals surface area contributed by atoms with E-state index in [9.17, 15) is 0 Å². The molecule has 0 aliphatic rings. The average Bonchev–Trinajstić information content (AvgIpc) is 2.18. The second-order valence-electron chi connectivity index (χ2n) is 5.01. The Morgan fingerprint density at radius 3 is 2.38 bits per heavy atom. The van der Waals surface area contributed by atoms with E-state index in [-0.39, 0.29) is 5.54 Å². The lowest BCUT2D eigenvalue weighted by Gasteiger charge is -2.28. The number of hydrogen-bond acceptors (Lipinski definition) is 2. The van der Waals surface area contributed by atoms with Gasteiger partial charge in [-0.15, -0.1) is 0 Å². The van der Waals surface area contributed by atoms with Gasteiger partial charge in [0.2, 0.25) is 0 Å². The molecule has 0 aromatic carbocycles. The highest BCUT2D eigenvalue weighted by molar-refractivity contribution is 5.33. The van der Waals surface area contributed by atoms with Crippen LogP contribution in [-0.4, -0.2) is 4.57 Å². The van der Waals surface area contributed by atoms with Gasteiger partial charge in [0.15, 0.2) is 0 Å². The van der Waals surface area contributed by atoms with Crippen LogP contribution in [0, 0.1) is 23.7 Å². The molecule has 0 saturated heterocycles. The van der Waals surface area contributed by atoms with E-state index in [1.807, 2.05) is 17.6 Å². The van der Waals surface area contributed by atoms with E-state index in [0.717, 1.165) is 17.7 Å². The van der Waals surface area contributed by atoms with Crippen LogP contribution < -0.4 is 5.49 Å².